The molecule has 1 aromatic heterocycles. The van der Waals surface area contributed by atoms with Crippen molar-refractivity contribution in [1.82, 2.24) is 30.8 Å². The number of benzene rings is 5. The van der Waals surface area contributed by atoms with Gasteiger partial charge in [0.05, 0.1) is 23.4 Å². The number of aliphatic imine (C=N–C) groups is 1. The molecular formula is C45H49N11O5S2. The van der Waals surface area contributed by atoms with Crippen molar-refractivity contribution in [1.29, 1.82) is 0 Å². The number of hydrogen-bond donors (Lipinski definition) is 4. The molecule has 63 heavy (non-hydrogen) atoms. The molecule has 0 atom stereocenters. The minimum atomic E-state index is -4.05. The number of methoxy groups -OCH3 is 1. The Kier molecular flexibility index (Phi) is 13.3. The number of piperidine rings is 2. The Morgan fingerprint density at radius 1 is 0.667 bits per heavy atom. The Morgan fingerprint density at radius 3 is 1.65 bits per heavy atom. The smallest absolute Gasteiger partial charge is 0.238 e. The second-order valence-electron chi connectivity index (χ2n) is 15.6. The van der Waals surface area contributed by atoms with Crippen LogP contribution in [0.1, 0.15) is 59.8 Å². The third kappa shape index (κ3) is 10.1. The van der Waals surface area contributed by atoms with E-state index in [4.69, 9.17) is 15.0 Å². The molecule has 4 heterocycles. The third-order valence-corrected chi connectivity index (χ3v) is 13.6. The number of nitrogens with two attached hydrogens (primary N) is 2. The molecule has 2 fully saturated rings. The maximum absolute atomic E-state index is 12.6. The van der Waals surface area contributed by atoms with E-state index in [0.717, 1.165) is 79.9 Å². The summed E-state index contributed by atoms with van der Waals surface area (Å²) in [4.78, 5) is 4.21. The predicted octanol–water partition coefficient (Wildman–Crippen LogP) is 5.82. The van der Waals surface area contributed by atoms with Gasteiger partial charge in [0.2, 0.25) is 20.0 Å². The van der Waals surface area contributed by atoms with Crippen LogP contribution in [0.3, 0.4) is 0 Å². The summed E-state index contributed by atoms with van der Waals surface area (Å²) < 4.78 is 56.2. The molecule has 5 aromatic carbocycles. The lowest BCUT2D eigenvalue weighted by Gasteiger charge is -2.23. The number of aromatic nitrogens is 4. The van der Waals surface area contributed by atoms with Crippen LogP contribution in [-0.4, -0.2) is 82.8 Å². The molecule has 0 saturated carbocycles. The van der Waals surface area contributed by atoms with Gasteiger partial charge in [-0.3, -0.25) is 0 Å². The van der Waals surface area contributed by atoms with E-state index < -0.39 is 20.0 Å². The summed E-state index contributed by atoms with van der Waals surface area (Å²) in [6, 6.07) is 34.2. The molecule has 6 aromatic rings. The average Bonchev–Trinajstić information content (AvgIpc) is 4.02. The van der Waals surface area contributed by atoms with E-state index in [-0.39, 0.29) is 16.5 Å². The standard InChI is InChI=1S/C26H28N6O3S.C19H21N5O2S/c1-35-22-11-5-18(6-12-22)17-32-26(29-30-31-32)25-23(3-2-4-24(25)36(27,33)34)21-9-7-19(8-10-21)20-13-15-28-16-14-20;20-27(25,26)17-3-1-2-16(18(17)19-22-12-23-24-19)15-6-4-13(5-7-15)14-8-10-21-11-9-14/h2-12,20,28H,13-17H2,1H3,(H2,27,33,34);1-7,14,21H,8-12H2,(H2,20,25,26). The van der Waals surface area contributed by atoms with E-state index in [1.54, 1.807) is 23.9 Å². The summed E-state index contributed by atoms with van der Waals surface area (Å²) in [6.07, 6.45) is 4.46. The molecule has 0 unspecified atom stereocenters. The first-order valence-corrected chi connectivity index (χ1v) is 23.8. The average molecular weight is 888 g/mol. The SMILES string of the molecule is COc1ccc(Cn2nnnc2-c2c(-c3ccc(C4CCNCC4)cc3)cccc2S(N)(=O)=O)cc1.NS(=O)(=O)c1cccc(-c2ccc(C3CCNCC3)cc2)c1C1=NCN=N1. The van der Waals surface area contributed by atoms with Crippen molar-refractivity contribution in [3.8, 4) is 39.4 Å². The number of nitrogens with one attached hydrogen (secondary N) is 2. The van der Waals surface area contributed by atoms with Gasteiger partial charge >= 0.3 is 0 Å². The van der Waals surface area contributed by atoms with Crippen LogP contribution in [0.15, 0.2) is 134 Å². The van der Waals surface area contributed by atoms with Gasteiger partial charge in [-0.05, 0) is 137 Å². The summed E-state index contributed by atoms with van der Waals surface area (Å²) in [5.74, 6) is 2.45. The molecule has 0 amide bonds. The molecule has 2 saturated heterocycles. The van der Waals surface area contributed by atoms with Crippen LogP contribution in [-0.2, 0) is 26.6 Å². The Bertz CT molecular complexity index is 2840. The van der Waals surface area contributed by atoms with Crippen molar-refractivity contribution >= 4 is 25.9 Å². The zero-order chi connectivity index (χ0) is 44.0. The molecule has 9 rings (SSSR count). The molecular weight excluding hydrogens is 839 g/mol. The summed E-state index contributed by atoms with van der Waals surface area (Å²) in [6.45, 7) is 4.66. The summed E-state index contributed by atoms with van der Waals surface area (Å²) in [5, 5.41) is 37.9. The van der Waals surface area contributed by atoms with Gasteiger partial charge in [0.25, 0.3) is 0 Å². The van der Waals surface area contributed by atoms with Crippen LogP contribution >= 0.6 is 0 Å². The molecule has 16 nitrogen and oxygen atoms in total. The Morgan fingerprint density at radius 2 is 1.17 bits per heavy atom. The van der Waals surface area contributed by atoms with Crippen LogP contribution in [0, 0.1) is 0 Å². The van der Waals surface area contributed by atoms with Crippen molar-refractivity contribution < 1.29 is 21.6 Å². The first kappa shape index (κ1) is 43.6. The van der Waals surface area contributed by atoms with Crippen LogP contribution < -0.4 is 25.6 Å². The van der Waals surface area contributed by atoms with Crippen molar-refractivity contribution in [2.24, 2.45) is 25.5 Å². The van der Waals surface area contributed by atoms with Crippen LogP contribution in [0.4, 0.5) is 0 Å². The fraction of sp³-hybridized carbons (Fsp3) is 0.289. The predicted molar refractivity (Wildman–Crippen MR) is 241 cm³/mol. The first-order chi connectivity index (χ1) is 30.5. The number of ether oxygens (including phenoxy) is 1. The maximum atomic E-state index is 12.6. The van der Waals surface area contributed by atoms with Crippen molar-refractivity contribution in [3.63, 3.8) is 0 Å². The number of amidine groups is 1. The van der Waals surface area contributed by atoms with E-state index in [0.29, 0.717) is 46.7 Å². The number of sulfonamides is 2. The monoisotopic (exact) mass is 887 g/mol. The number of tetrazole rings is 1. The van der Waals surface area contributed by atoms with Crippen molar-refractivity contribution in [3.05, 3.63) is 131 Å². The van der Waals surface area contributed by atoms with Crippen LogP contribution in [0.25, 0.3) is 33.6 Å². The van der Waals surface area contributed by atoms with Gasteiger partial charge in [0.15, 0.2) is 18.3 Å². The van der Waals surface area contributed by atoms with Gasteiger partial charge in [-0.15, -0.1) is 10.2 Å². The van der Waals surface area contributed by atoms with Crippen LogP contribution in [0.5, 0.6) is 5.75 Å². The lowest BCUT2D eigenvalue weighted by atomic mass is 9.89. The lowest BCUT2D eigenvalue weighted by Crippen LogP contribution is -2.26. The normalized spacial score (nSPS) is 16.0. The van der Waals surface area contributed by atoms with Gasteiger partial charge < -0.3 is 15.4 Å². The fourth-order valence-electron chi connectivity index (χ4n) is 8.41. The lowest BCUT2D eigenvalue weighted by molar-refractivity contribution is 0.414. The van der Waals surface area contributed by atoms with Crippen molar-refractivity contribution in [2.45, 2.75) is 53.9 Å². The topological polar surface area (TPSA) is 234 Å². The maximum Gasteiger partial charge on any atom is 0.238 e. The molecule has 3 aliphatic rings. The highest BCUT2D eigenvalue weighted by molar-refractivity contribution is 7.89. The number of rotatable bonds is 11. The van der Waals surface area contributed by atoms with Gasteiger partial charge in [-0.1, -0.05) is 84.9 Å². The molecule has 3 aliphatic heterocycles. The van der Waals surface area contributed by atoms with Crippen molar-refractivity contribution in [2.75, 3.05) is 40.0 Å². The molecule has 0 aliphatic carbocycles. The quantitative estimate of drug-likeness (QED) is 0.122. The highest BCUT2D eigenvalue weighted by atomic mass is 32.2. The zero-order valence-corrected chi connectivity index (χ0v) is 36.4. The molecule has 6 N–H and O–H groups in total. The van der Waals surface area contributed by atoms with Gasteiger partial charge in [-0.25, -0.2) is 36.8 Å². The highest BCUT2D eigenvalue weighted by Gasteiger charge is 2.26. The van der Waals surface area contributed by atoms with E-state index >= 15 is 0 Å². The Labute approximate surface area is 367 Å². The van der Waals surface area contributed by atoms with E-state index in [1.165, 1.54) is 23.3 Å². The minimum Gasteiger partial charge on any atom is -0.497 e. The number of nitrogens with zero attached hydrogens (tertiary/aromatic N) is 7. The molecule has 0 spiro atoms. The van der Waals surface area contributed by atoms with E-state index in [2.05, 4.69) is 65.6 Å². The Hall–Kier alpha value is -6.02. The Balaban J connectivity index is 0.000000180. The number of hydrogen-bond acceptors (Lipinski definition) is 13. The number of azo groups is 1. The fourth-order valence-corrected chi connectivity index (χ4v) is 9.92. The largest absolute Gasteiger partial charge is 0.497 e. The summed E-state index contributed by atoms with van der Waals surface area (Å²) in [7, 11) is -6.35. The molecule has 0 bridgehead atoms. The third-order valence-electron chi connectivity index (χ3n) is 11.6. The van der Waals surface area contributed by atoms with E-state index in [9.17, 15) is 16.8 Å². The van der Waals surface area contributed by atoms with E-state index in [1.807, 2.05) is 60.7 Å². The van der Waals surface area contributed by atoms with Gasteiger partial charge in [0, 0.05) is 11.1 Å². The molecule has 0 radical (unpaired) electrons. The second kappa shape index (κ2) is 19.2. The van der Waals surface area contributed by atoms with Gasteiger partial charge in [-0.2, -0.15) is 5.11 Å². The zero-order valence-electron chi connectivity index (χ0n) is 34.8. The van der Waals surface area contributed by atoms with Gasteiger partial charge in [0.1, 0.15) is 5.75 Å². The molecule has 326 valence electrons. The second-order valence-corrected chi connectivity index (χ2v) is 18.7. The summed E-state index contributed by atoms with van der Waals surface area (Å²) in [5.41, 5.74) is 7.53. The minimum absolute atomic E-state index is 0.0158. The number of primary sulfonamides is 2. The molecule has 18 heteroatoms. The highest BCUT2D eigenvalue weighted by Crippen LogP contribution is 2.38. The van der Waals surface area contributed by atoms with Crippen LogP contribution in [0.2, 0.25) is 0 Å². The summed E-state index contributed by atoms with van der Waals surface area (Å²) >= 11 is 0. The first-order valence-electron chi connectivity index (χ1n) is 20.7.